The van der Waals surface area contributed by atoms with E-state index in [4.69, 9.17) is 14.2 Å². The number of nitrogens with one attached hydrogen (secondary N) is 1. The van der Waals surface area contributed by atoms with Crippen molar-refractivity contribution in [3.8, 4) is 11.5 Å². The van der Waals surface area contributed by atoms with Crippen LogP contribution in [0.15, 0.2) is 42.5 Å². The SMILES string of the molecule is O=C1COc2ccc(C(=O)COC(=O)COc3cccc(F)c3)cc2N1. The number of hydrogen-bond acceptors (Lipinski definition) is 6. The van der Waals surface area contributed by atoms with Gasteiger partial charge in [0.25, 0.3) is 5.91 Å². The Morgan fingerprint density at radius 1 is 1.15 bits per heavy atom. The minimum absolute atomic E-state index is 0.0801. The van der Waals surface area contributed by atoms with Crippen molar-refractivity contribution in [2.45, 2.75) is 0 Å². The first kappa shape index (κ1) is 17.4. The highest BCUT2D eigenvalue weighted by atomic mass is 19.1. The normalized spacial score (nSPS) is 12.4. The largest absolute Gasteiger partial charge is 0.482 e. The van der Waals surface area contributed by atoms with E-state index in [9.17, 15) is 18.8 Å². The Morgan fingerprint density at radius 3 is 2.81 bits per heavy atom. The lowest BCUT2D eigenvalue weighted by atomic mass is 10.1. The molecule has 1 N–H and O–H groups in total. The smallest absolute Gasteiger partial charge is 0.344 e. The fourth-order valence-electron chi connectivity index (χ4n) is 2.23. The monoisotopic (exact) mass is 359 g/mol. The summed E-state index contributed by atoms with van der Waals surface area (Å²) in [6.45, 7) is -1.02. The third-order valence-corrected chi connectivity index (χ3v) is 3.45. The molecule has 0 aliphatic carbocycles. The molecule has 1 heterocycles. The number of halogens is 1. The molecule has 1 aliphatic heterocycles. The second-order valence-corrected chi connectivity index (χ2v) is 5.38. The lowest BCUT2D eigenvalue weighted by Gasteiger charge is -2.18. The van der Waals surface area contributed by atoms with Crippen LogP contribution >= 0.6 is 0 Å². The number of fused-ring (bicyclic) bond motifs is 1. The number of ether oxygens (including phenoxy) is 3. The molecule has 1 aliphatic rings. The molecule has 7 nitrogen and oxygen atoms in total. The predicted molar refractivity (Wildman–Crippen MR) is 87.8 cm³/mol. The number of hydrogen-bond donors (Lipinski definition) is 1. The molecule has 3 rings (SSSR count). The highest BCUT2D eigenvalue weighted by molar-refractivity contribution is 6.01. The van der Waals surface area contributed by atoms with Crippen LogP contribution in [0.1, 0.15) is 10.4 Å². The van der Waals surface area contributed by atoms with Crippen molar-refractivity contribution in [1.82, 2.24) is 0 Å². The number of esters is 1. The van der Waals surface area contributed by atoms with Gasteiger partial charge in [-0.05, 0) is 30.3 Å². The molecular weight excluding hydrogens is 345 g/mol. The molecule has 2 aromatic carbocycles. The van der Waals surface area contributed by atoms with E-state index in [-0.39, 0.29) is 23.8 Å². The predicted octanol–water partition coefficient (Wildman–Crippen LogP) is 1.96. The van der Waals surface area contributed by atoms with Crippen LogP contribution in [0.5, 0.6) is 11.5 Å². The van der Waals surface area contributed by atoms with E-state index < -0.39 is 30.8 Å². The van der Waals surface area contributed by atoms with Gasteiger partial charge in [-0.2, -0.15) is 0 Å². The molecule has 2 aromatic rings. The van der Waals surface area contributed by atoms with Crippen molar-refractivity contribution in [3.63, 3.8) is 0 Å². The maximum Gasteiger partial charge on any atom is 0.344 e. The fourth-order valence-corrected chi connectivity index (χ4v) is 2.23. The maximum atomic E-state index is 13.0. The Labute approximate surface area is 147 Å². The highest BCUT2D eigenvalue weighted by Gasteiger charge is 2.18. The molecule has 0 atom stereocenters. The lowest BCUT2D eigenvalue weighted by Crippen LogP contribution is -2.25. The van der Waals surface area contributed by atoms with Gasteiger partial charge in [0.15, 0.2) is 25.6 Å². The zero-order valence-corrected chi connectivity index (χ0v) is 13.5. The summed E-state index contributed by atoms with van der Waals surface area (Å²) in [7, 11) is 0. The number of rotatable bonds is 6. The van der Waals surface area contributed by atoms with Crippen molar-refractivity contribution in [2.75, 3.05) is 25.1 Å². The first-order valence-corrected chi connectivity index (χ1v) is 7.65. The third kappa shape index (κ3) is 4.35. The molecule has 1 amide bonds. The summed E-state index contributed by atoms with van der Waals surface area (Å²) in [6, 6.07) is 9.82. The second-order valence-electron chi connectivity index (χ2n) is 5.38. The number of carbonyl (C=O) groups excluding carboxylic acids is 3. The molecule has 0 unspecified atom stereocenters. The molecule has 0 bridgehead atoms. The van der Waals surface area contributed by atoms with Crippen LogP contribution in [-0.4, -0.2) is 37.5 Å². The molecule has 0 saturated heterocycles. The number of carbonyl (C=O) groups is 3. The van der Waals surface area contributed by atoms with Gasteiger partial charge in [-0.25, -0.2) is 9.18 Å². The van der Waals surface area contributed by atoms with E-state index in [0.717, 1.165) is 6.07 Å². The van der Waals surface area contributed by atoms with E-state index >= 15 is 0 Å². The quantitative estimate of drug-likeness (QED) is 0.626. The molecule has 134 valence electrons. The summed E-state index contributed by atoms with van der Waals surface area (Å²) in [4.78, 5) is 35.1. The molecule has 0 aromatic heterocycles. The van der Waals surface area contributed by atoms with Gasteiger partial charge in [0.05, 0.1) is 5.69 Å². The first-order chi connectivity index (χ1) is 12.5. The van der Waals surface area contributed by atoms with Crippen molar-refractivity contribution >= 4 is 23.3 Å². The van der Waals surface area contributed by atoms with E-state index in [0.29, 0.717) is 11.4 Å². The number of amides is 1. The van der Waals surface area contributed by atoms with E-state index in [2.05, 4.69) is 5.32 Å². The van der Waals surface area contributed by atoms with Crippen LogP contribution in [0, 0.1) is 5.82 Å². The van der Waals surface area contributed by atoms with Crippen LogP contribution in [0.3, 0.4) is 0 Å². The van der Waals surface area contributed by atoms with Gasteiger partial charge in [0.2, 0.25) is 0 Å². The molecule has 0 saturated carbocycles. The fraction of sp³-hybridized carbons (Fsp3) is 0.167. The van der Waals surface area contributed by atoms with Gasteiger partial charge in [-0.15, -0.1) is 0 Å². The summed E-state index contributed by atoms with van der Waals surface area (Å²) in [5, 5.41) is 2.59. The maximum absolute atomic E-state index is 13.0. The summed E-state index contributed by atoms with van der Waals surface area (Å²) in [5.74, 6) is -1.39. The van der Waals surface area contributed by atoms with E-state index in [1.165, 1.54) is 30.3 Å². The minimum atomic E-state index is -0.766. The average molecular weight is 359 g/mol. The Morgan fingerprint density at radius 2 is 2.00 bits per heavy atom. The van der Waals surface area contributed by atoms with Gasteiger partial charge >= 0.3 is 5.97 Å². The zero-order valence-electron chi connectivity index (χ0n) is 13.5. The van der Waals surface area contributed by atoms with Crippen LogP contribution in [0.4, 0.5) is 10.1 Å². The minimum Gasteiger partial charge on any atom is -0.482 e. The Bertz CT molecular complexity index is 867. The van der Waals surface area contributed by atoms with Gasteiger partial charge < -0.3 is 19.5 Å². The topological polar surface area (TPSA) is 90.9 Å². The van der Waals surface area contributed by atoms with Crippen LogP contribution < -0.4 is 14.8 Å². The average Bonchev–Trinajstić information content (AvgIpc) is 2.63. The van der Waals surface area contributed by atoms with Gasteiger partial charge in [-0.3, -0.25) is 9.59 Å². The van der Waals surface area contributed by atoms with Crippen LogP contribution in [0.2, 0.25) is 0 Å². The Balaban J connectivity index is 1.51. The van der Waals surface area contributed by atoms with Gasteiger partial charge in [-0.1, -0.05) is 6.07 Å². The second kappa shape index (κ2) is 7.64. The standard InChI is InChI=1S/C18H14FNO6/c19-12-2-1-3-13(7-12)24-10-18(23)26-8-15(21)11-4-5-16-14(6-11)20-17(22)9-25-16/h1-7H,8-10H2,(H,20,22). The van der Waals surface area contributed by atoms with Crippen molar-refractivity contribution in [1.29, 1.82) is 0 Å². The number of ketones is 1. The molecule has 0 fully saturated rings. The molecule has 26 heavy (non-hydrogen) atoms. The van der Waals surface area contributed by atoms with Crippen molar-refractivity contribution in [2.24, 2.45) is 0 Å². The van der Waals surface area contributed by atoms with Crippen LogP contribution in [-0.2, 0) is 14.3 Å². The number of anilines is 1. The van der Waals surface area contributed by atoms with Gasteiger partial charge in [0, 0.05) is 11.6 Å². The Kier molecular flexibility index (Phi) is 5.12. The zero-order chi connectivity index (χ0) is 18.5. The summed E-state index contributed by atoms with van der Waals surface area (Å²) >= 11 is 0. The molecule has 0 radical (unpaired) electrons. The van der Waals surface area contributed by atoms with E-state index in [1.807, 2.05) is 0 Å². The molecule has 0 spiro atoms. The number of Topliss-reactive ketones (excluding diaryl/α,β-unsaturated/α-hetero) is 1. The molecule has 8 heteroatoms. The molecular formula is C18H14FNO6. The highest BCUT2D eigenvalue weighted by Crippen LogP contribution is 2.28. The van der Waals surface area contributed by atoms with Crippen molar-refractivity contribution < 1.29 is 33.0 Å². The summed E-state index contributed by atoms with van der Waals surface area (Å²) in [5.41, 5.74) is 0.640. The van der Waals surface area contributed by atoms with Crippen molar-refractivity contribution in [3.05, 3.63) is 53.8 Å². The van der Waals surface area contributed by atoms with E-state index in [1.54, 1.807) is 6.07 Å². The number of benzene rings is 2. The van der Waals surface area contributed by atoms with Gasteiger partial charge in [0.1, 0.15) is 17.3 Å². The van der Waals surface area contributed by atoms with Crippen LogP contribution in [0.25, 0.3) is 0 Å². The first-order valence-electron chi connectivity index (χ1n) is 7.65. The third-order valence-electron chi connectivity index (χ3n) is 3.45. The Hall–Kier alpha value is -3.42. The summed E-state index contributed by atoms with van der Waals surface area (Å²) < 4.78 is 28.1. The summed E-state index contributed by atoms with van der Waals surface area (Å²) in [6.07, 6.45) is 0. The lowest BCUT2D eigenvalue weighted by molar-refractivity contribution is -0.144.